The molecule has 0 atom stereocenters. The lowest BCUT2D eigenvalue weighted by Gasteiger charge is -2.26. The number of esters is 1. The van der Waals surface area contributed by atoms with Crippen LogP contribution < -0.4 is 19.7 Å². The minimum atomic E-state index is -0.828. The van der Waals surface area contributed by atoms with E-state index in [1.165, 1.54) is 19.3 Å². The van der Waals surface area contributed by atoms with Crippen molar-refractivity contribution in [2.75, 3.05) is 25.2 Å². The highest BCUT2D eigenvalue weighted by molar-refractivity contribution is 9.10. The summed E-state index contributed by atoms with van der Waals surface area (Å²) in [4.78, 5) is 50.3. The average Bonchev–Trinajstić information content (AvgIpc) is 2.77. The third-order valence-electron chi connectivity index (χ3n) is 4.63. The van der Waals surface area contributed by atoms with Gasteiger partial charge in [-0.2, -0.15) is 0 Å². The van der Waals surface area contributed by atoms with Gasteiger partial charge in [0.05, 0.1) is 19.4 Å². The van der Waals surface area contributed by atoms with E-state index in [-0.39, 0.29) is 30.3 Å². The van der Waals surface area contributed by atoms with Gasteiger partial charge in [0.15, 0.2) is 18.1 Å². The maximum atomic E-state index is 13.1. The molecule has 172 valence electrons. The molecule has 1 heterocycles. The molecule has 1 saturated heterocycles. The van der Waals surface area contributed by atoms with Gasteiger partial charge in [-0.25, -0.2) is 14.5 Å². The summed E-state index contributed by atoms with van der Waals surface area (Å²) in [6.07, 6.45) is 1.34. The Bertz CT molecular complexity index is 1140. The maximum absolute atomic E-state index is 13.1. The van der Waals surface area contributed by atoms with E-state index in [2.05, 4.69) is 21.2 Å². The second kappa shape index (κ2) is 10.3. The number of carbonyl (C=O) groups is 4. The summed E-state index contributed by atoms with van der Waals surface area (Å²) in [6, 6.07) is 9.00. The second-order valence-electron chi connectivity index (χ2n) is 6.91. The third-order valence-corrected chi connectivity index (χ3v) is 5.31. The van der Waals surface area contributed by atoms with Gasteiger partial charge in [0.2, 0.25) is 0 Å². The van der Waals surface area contributed by atoms with Gasteiger partial charge in [-0.3, -0.25) is 14.9 Å². The van der Waals surface area contributed by atoms with Crippen LogP contribution >= 0.6 is 15.9 Å². The number of hydrogen-bond donors (Lipinski definition) is 1. The van der Waals surface area contributed by atoms with Crippen LogP contribution in [0.4, 0.5) is 10.5 Å². The third kappa shape index (κ3) is 5.40. The molecule has 3 rings (SSSR count). The van der Waals surface area contributed by atoms with Crippen LogP contribution in [-0.4, -0.2) is 44.1 Å². The molecule has 0 aliphatic carbocycles. The highest BCUT2D eigenvalue weighted by atomic mass is 79.9. The predicted molar refractivity (Wildman–Crippen MR) is 123 cm³/mol. The largest absolute Gasteiger partial charge is 0.493 e. The molecule has 1 N–H and O–H groups in total. The van der Waals surface area contributed by atoms with E-state index < -0.39 is 23.8 Å². The van der Waals surface area contributed by atoms with Gasteiger partial charge in [-0.1, -0.05) is 33.6 Å². The number of rotatable bonds is 7. The molecule has 0 bridgehead atoms. The standard InChI is InChI=1S/C23H21BrN2O7/c1-4-32-20(27)12-33-19-11-17(24)14(10-18(19)31-3)9-16-21(28)25-23(30)26(22(16)29)15-7-5-13(2)6-8-15/h5-11H,4,12H2,1-3H3,(H,25,28,30)/b16-9+. The molecule has 1 fully saturated rings. The smallest absolute Gasteiger partial charge is 0.344 e. The summed E-state index contributed by atoms with van der Waals surface area (Å²) in [6.45, 7) is 3.48. The molecule has 2 aromatic rings. The van der Waals surface area contributed by atoms with Gasteiger partial charge in [0, 0.05) is 4.47 Å². The first-order valence-corrected chi connectivity index (χ1v) is 10.7. The number of halogens is 1. The Balaban J connectivity index is 1.94. The molecule has 1 aliphatic rings. The number of amides is 4. The van der Waals surface area contributed by atoms with Crippen LogP contribution in [0.25, 0.3) is 6.08 Å². The van der Waals surface area contributed by atoms with Crippen LogP contribution in [0.15, 0.2) is 46.4 Å². The second-order valence-corrected chi connectivity index (χ2v) is 7.77. The molecule has 0 saturated carbocycles. The summed E-state index contributed by atoms with van der Waals surface area (Å²) >= 11 is 3.37. The zero-order chi connectivity index (χ0) is 24.1. The fourth-order valence-electron chi connectivity index (χ4n) is 3.01. The number of methoxy groups -OCH3 is 1. The highest BCUT2D eigenvalue weighted by Crippen LogP contribution is 2.35. The fraction of sp³-hybridized carbons (Fsp3) is 0.217. The normalized spacial score (nSPS) is 14.8. The summed E-state index contributed by atoms with van der Waals surface area (Å²) in [5.41, 5.74) is 1.47. The molecule has 0 radical (unpaired) electrons. The zero-order valence-electron chi connectivity index (χ0n) is 18.1. The monoisotopic (exact) mass is 516 g/mol. The number of ether oxygens (including phenoxy) is 3. The van der Waals surface area contributed by atoms with Crippen LogP contribution in [0.5, 0.6) is 11.5 Å². The van der Waals surface area contributed by atoms with Crippen LogP contribution in [0.2, 0.25) is 0 Å². The Morgan fingerprint density at radius 2 is 1.82 bits per heavy atom. The Hall–Kier alpha value is -3.66. The Labute approximate surface area is 198 Å². The Morgan fingerprint density at radius 1 is 1.12 bits per heavy atom. The first-order valence-electron chi connectivity index (χ1n) is 9.89. The number of carbonyl (C=O) groups excluding carboxylic acids is 4. The number of aryl methyl sites for hydroxylation is 1. The molecule has 0 aromatic heterocycles. The molecule has 9 nitrogen and oxygen atoms in total. The summed E-state index contributed by atoms with van der Waals surface area (Å²) < 4.78 is 16.1. The summed E-state index contributed by atoms with van der Waals surface area (Å²) in [5.74, 6) is -1.59. The predicted octanol–water partition coefficient (Wildman–Crippen LogP) is 3.37. The number of urea groups is 1. The first kappa shape index (κ1) is 24.0. The fourth-order valence-corrected chi connectivity index (χ4v) is 3.45. The Kier molecular flexibility index (Phi) is 7.49. The van der Waals surface area contributed by atoms with Gasteiger partial charge < -0.3 is 14.2 Å². The maximum Gasteiger partial charge on any atom is 0.344 e. The lowest BCUT2D eigenvalue weighted by atomic mass is 10.1. The number of nitrogens with zero attached hydrogens (tertiary/aromatic N) is 1. The minimum Gasteiger partial charge on any atom is -0.493 e. The number of benzene rings is 2. The van der Waals surface area contributed by atoms with Gasteiger partial charge in [0.1, 0.15) is 5.57 Å². The van der Waals surface area contributed by atoms with E-state index in [0.29, 0.717) is 15.7 Å². The van der Waals surface area contributed by atoms with E-state index in [1.807, 2.05) is 6.92 Å². The average molecular weight is 517 g/mol. The number of imide groups is 2. The quantitative estimate of drug-likeness (QED) is 0.341. The van der Waals surface area contributed by atoms with Gasteiger partial charge in [-0.05, 0) is 49.8 Å². The molecule has 0 spiro atoms. The Morgan fingerprint density at radius 3 is 2.45 bits per heavy atom. The van der Waals surface area contributed by atoms with Crippen molar-refractivity contribution >= 4 is 51.5 Å². The van der Waals surface area contributed by atoms with Crippen molar-refractivity contribution in [2.24, 2.45) is 0 Å². The lowest BCUT2D eigenvalue weighted by molar-refractivity contribution is -0.145. The van der Waals surface area contributed by atoms with Crippen molar-refractivity contribution in [3.63, 3.8) is 0 Å². The molecular weight excluding hydrogens is 496 g/mol. The minimum absolute atomic E-state index is 0.230. The van der Waals surface area contributed by atoms with E-state index in [4.69, 9.17) is 14.2 Å². The van der Waals surface area contributed by atoms with Gasteiger partial charge in [-0.15, -0.1) is 0 Å². The SMILES string of the molecule is CCOC(=O)COc1cc(Br)c(/C=C2\C(=O)NC(=O)N(c3ccc(C)cc3)C2=O)cc1OC. The molecule has 4 amide bonds. The summed E-state index contributed by atoms with van der Waals surface area (Å²) in [7, 11) is 1.41. The van der Waals surface area contributed by atoms with E-state index in [9.17, 15) is 19.2 Å². The number of nitrogens with one attached hydrogen (secondary N) is 1. The van der Waals surface area contributed by atoms with Crippen molar-refractivity contribution in [1.29, 1.82) is 0 Å². The lowest BCUT2D eigenvalue weighted by Crippen LogP contribution is -2.54. The number of barbiturate groups is 1. The number of anilines is 1. The molecule has 33 heavy (non-hydrogen) atoms. The molecule has 1 aliphatic heterocycles. The van der Waals surface area contributed by atoms with Crippen LogP contribution in [0, 0.1) is 6.92 Å². The van der Waals surface area contributed by atoms with E-state index in [1.54, 1.807) is 37.3 Å². The van der Waals surface area contributed by atoms with Crippen molar-refractivity contribution in [1.82, 2.24) is 5.32 Å². The van der Waals surface area contributed by atoms with Crippen LogP contribution in [-0.2, 0) is 19.1 Å². The van der Waals surface area contributed by atoms with Crippen LogP contribution in [0.3, 0.4) is 0 Å². The first-order chi connectivity index (χ1) is 15.7. The van der Waals surface area contributed by atoms with Crippen molar-refractivity contribution in [2.45, 2.75) is 13.8 Å². The summed E-state index contributed by atoms with van der Waals surface area (Å²) in [5, 5.41) is 2.18. The molecular formula is C23H21BrN2O7. The van der Waals surface area contributed by atoms with Gasteiger partial charge >= 0.3 is 12.0 Å². The molecule has 0 unspecified atom stereocenters. The van der Waals surface area contributed by atoms with E-state index in [0.717, 1.165) is 10.5 Å². The van der Waals surface area contributed by atoms with Crippen LogP contribution in [0.1, 0.15) is 18.1 Å². The van der Waals surface area contributed by atoms with Crippen molar-refractivity contribution in [3.05, 3.63) is 57.6 Å². The van der Waals surface area contributed by atoms with Crippen molar-refractivity contribution < 1.29 is 33.4 Å². The topological polar surface area (TPSA) is 111 Å². The molecule has 10 heteroatoms. The highest BCUT2D eigenvalue weighted by Gasteiger charge is 2.37. The molecule has 2 aromatic carbocycles. The van der Waals surface area contributed by atoms with E-state index >= 15 is 0 Å². The zero-order valence-corrected chi connectivity index (χ0v) is 19.7. The van der Waals surface area contributed by atoms with Gasteiger partial charge in [0.25, 0.3) is 11.8 Å². The number of hydrogen-bond acceptors (Lipinski definition) is 7. The van der Waals surface area contributed by atoms with Crippen molar-refractivity contribution in [3.8, 4) is 11.5 Å².